The molecule has 0 spiro atoms. The van der Waals surface area contributed by atoms with Gasteiger partial charge in [-0.05, 0) is 12.8 Å². The van der Waals surface area contributed by atoms with E-state index in [4.69, 9.17) is 10.5 Å². The summed E-state index contributed by atoms with van der Waals surface area (Å²) in [6.45, 7) is 0.640. The average molecular weight is 281 g/mol. The lowest BCUT2D eigenvalue weighted by molar-refractivity contribution is 0.0436. The monoisotopic (exact) mass is 281 g/mol. The molecule has 0 radical (unpaired) electrons. The summed E-state index contributed by atoms with van der Waals surface area (Å²) >= 11 is 0. The first-order valence-electron chi connectivity index (χ1n) is 5.79. The highest BCUT2D eigenvalue weighted by Crippen LogP contribution is 2.33. The number of rotatable bonds is 2. The quantitative estimate of drug-likeness (QED) is 0.514. The Morgan fingerprint density at radius 3 is 1.95 bits per heavy atom. The second-order valence-electron chi connectivity index (χ2n) is 4.49. The zero-order valence-electron chi connectivity index (χ0n) is 9.86. The Balaban J connectivity index is 2.43. The Morgan fingerprint density at radius 2 is 1.47 bits per heavy atom. The molecule has 2 rings (SSSR count). The molecule has 19 heavy (non-hydrogen) atoms. The third-order valence-corrected chi connectivity index (χ3v) is 3.28. The fourth-order valence-corrected chi connectivity index (χ4v) is 2.20. The first kappa shape index (κ1) is 14.2. The van der Waals surface area contributed by atoms with E-state index < -0.39 is 46.6 Å². The van der Waals surface area contributed by atoms with E-state index in [-0.39, 0.29) is 6.61 Å². The van der Waals surface area contributed by atoms with Crippen LogP contribution in [-0.2, 0) is 4.74 Å². The van der Waals surface area contributed by atoms with Crippen LogP contribution in [0.2, 0.25) is 0 Å². The van der Waals surface area contributed by atoms with Crippen molar-refractivity contribution in [3.05, 3.63) is 34.6 Å². The van der Waals surface area contributed by atoms with Crippen LogP contribution in [0.15, 0.2) is 0 Å². The van der Waals surface area contributed by atoms with Crippen molar-refractivity contribution in [3.63, 3.8) is 0 Å². The third kappa shape index (κ3) is 2.44. The Kier molecular flexibility index (Phi) is 4.05. The normalized spacial score (nSPS) is 21.5. The number of hydrogen-bond donors (Lipinski definition) is 1. The molecule has 1 aromatic carbocycles. The first-order valence-corrected chi connectivity index (χ1v) is 5.79. The van der Waals surface area contributed by atoms with E-state index in [9.17, 15) is 22.0 Å². The van der Waals surface area contributed by atoms with Crippen LogP contribution in [0.25, 0.3) is 0 Å². The Bertz CT molecular complexity index is 458. The van der Waals surface area contributed by atoms with E-state index in [1.165, 1.54) is 0 Å². The molecule has 1 fully saturated rings. The number of nitrogens with two attached hydrogens (primary N) is 1. The van der Waals surface area contributed by atoms with Gasteiger partial charge in [0.25, 0.3) is 0 Å². The summed E-state index contributed by atoms with van der Waals surface area (Å²) in [7, 11) is 0. The second-order valence-corrected chi connectivity index (χ2v) is 4.49. The molecule has 0 amide bonds. The minimum absolute atomic E-state index is 0.140. The molecule has 2 unspecified atom stereocenters. The average Bonchev–Trinajstić information content (AvgIpc) is 2.44. The van der Waals surface area contributed by atoms with E-state index in [0.717, 1.165) is 0 Å². The van der Waals surface area contributed by atoms with Gasteiger partial charge in [-0.25, -0.2) is 22.0 Å². The van der Waals surface area contributed by atoms with E-state index in [2.05, 4.69) is 0 Å². The minimum Gasteiger partial charge on any atom is -0.381 e. The Morgan fingerprint density at radius 1 is 0.947 bits per heavy atom. The molecule has 1 aromatic rings. The van der Waals surface area contributed by atoms with E-state index in [1.54, 1.807) is 0 Å². The van der Waals surface area contributed by atoms with Crippen LogP contribution in [0.1, 0.15) is 24.4 Å². The smallest absolute Gasteiger partial charge is 0.200 e. The zero-order chi connectivity index (χ0) is 14.2. The lowest BCUT2D eigenvalue weighted by Crippen LogP contribution is -2.31. The molecular weight excluding hydrogens is 269 g/mol. The number of ether oxygens (including phenoxy) is 1. The molecule has 0 aromatic heterocycles. The van der Waals surface area contributed by atoms with Crippen LogP contribution in [-0.4, -0.2) is 13.2 Å². The number of hydrogen-bond acceptors (Lipinski definition) is 2. The topological polar surface area (TPSA) is 35.2 Å². The van der Waals surface area contributed by atoms with Crippen molar-refractivity contribution >= 4 is 0 Å². The second kappa shape index (κ2) is 5.42. The standard InChI is InChI=1S/C12H12F5NO/c13-7-6(8(14)10(16)11(17)9(7)15)12(18)5-2-1-3-19-4-5/h5,12H,1-4,18H2. The highest BCUT2D eigenvalue weighted by Gasteiger charge is 2.33. The number of benzene rings is 1. The van der Waals surface area contributed by atoms with Gasteiger partial charge in [0.15, 0.2) is 23.3 Å². The maximum absolute atomic E-state index is 13.6. The van der Waals surface area contributed by atoms with Crippen molar-refractivity contribution in [2.75, 3.05) is 13.2 Å². The van der Waals surface area contributed by atoms with Gasteiger partial charge in [0, 0.05) is 24.1 Å². The highest BCUT2D eigenvalue weighted by atomic mass is 19.2. The van der Waals surface area contributed by atoms with Crippen molar-refractivity contribution in [2.45, 2.75) is 18.9 Å². The van der Waals surface area contributed by atoms with Gasteiger partial charge in [-0.2, -0.15) is 0 Å². The Labute approximate surface area is 106 Å². The molecular formula is C12H12F5NO. The summed E-state index contributed by atoms with van der Waals surface area (Å²) in [6.07, 6.45) is 1.15. The molecule has 0 aliphatic carbocycles. The lowest BCUT2D eigenvalue weighted by atomic mass is 9.88. The highest BCUT2D eigenvalue weighted by molar-refractivity contribution is 5.27. The summed E-state index contributed by atoms with van der Waals surface area (Å²) < 4.78 is 71.3. The minimum atomic E-state index is -2.18. The van der Waals surface area contributed by atoms with Gasteiger partial charge >= 0.3 is 0 Å². The molecule has 0 saturated carbocycles. The van der Waals surface area contributed by atoms with E-state index >= 15 is 0 Å². The van der Waals surface area contributed by atoms with Gasteiger partial charge in [-0.15, -0.1) is 0 Å². The molecule has 1 aliphatic heterocycles. The SMILES string of the molecule is NC(c1c(F)c(F)c(F)c(F)c1F)C1CCCOC1. The predicted octanol–water partition coefficient (Wildman–Crippen LogP) is 2.81. The summed E-state index contributed by atoms with van der Waals surface area (Å²) in [5.74, 6) is -10.3. The third-order valence-electron chi connectivity index (χ3n) is 3.28. The van der Waals surface area contributed by atoms with Crippen LogP contribution in [0.3, 0.4) is 0 Å². The van der Waals surface area contributed by atoms with Crippen molar-refractivity contribution in [3.8, 4) is 0 Å². The van der Waals surface area contributed by atoms with E-state index in [0.29, 0.717) is 19.4 Å². The molecule has 1 heterocycles. The van der Waals surface area contributed by atoms with Crippen LogP contribution in [0, 0.1) is 35.0 Å². The van der Waals surface area contributed by atoms with Gasteiger partial charge in [0.2, 0.25) is 5.82 Å². The molecule has 0 bridgehead atoms. The summed E-state index contributed by atoms with van der Waals surface area (Å²) in [5.41, 5.74) is 4.68. The number of halogens is 5. The summed E-state index contributed by atoms with van der Waals surface area (Å²) in [6, 6.07) is -1.29. The Hall–Kier alpha value is -1.21. The molecule has 1 saturated heterocycles. The van der Waals surface area contributed by atoms with Crippen LogP contribution >= 0.6 is 0 Å². The molecule has 106 valence electrons. The van der Waals surface area contributed by atoms with Gasteiger partial charge in [-0.3, -0.25) is 0 Å². The van der Waals surface area contributed by atoms with Crippen LogP contribution in [0.5, 0.6) is 0 Å². The lowest BCUT2D eigenvalue weighted by Gasteiger charge is -2.28. The van der Waals surface area contributed by atoms with Gasteiger partial charge in [-0.1, -0.05) is 0 Å². The van der Waals surface area contributed by atoms with Gasteiger partial charge < -0.3 is 10.5 Å². The summed E-state index contributed by atoms with van der Waals surface area (Å²) in [4.78, 5) is 0. The molecule has 2 nitrogen and oxygen atoms in total. The van der Waals surface area contributed by atoms with Gasteiger partial charge in [0.05, 0.1) is 6.61 Å². The van der Waals surface area contributed by atoms with Crippen molar-refractivity contribution in [2.24, 2.45) is 11.7 Å². The molecule has 2 N–H and O–H groups in total. The molecule has 7 heteroatoms. The largest absolute Gasteiger partial charge is 0.381 e. The van der Waals surface area contributed by atoms with Crippen molar-refractivity contribution in [1.82, 2.24) is 0 Å². The molecule has 1 aliphatic rings. The first-order chi connectivity index (χ1) is 8.95. The van der Waals surface area contributed by atoms with Gasteiger partial charge in [0.1, 0.15) is 0 Å². The zero-order valence-corrected chi connectivity index (χ0v) is 9.86. The maximum Gasteiger partial charge on any atom is 0.200 e. The predicted molar refractivity (Wildman–Crippen MR) is 56.7 cm³/mol. The van der Waals surface area contributed by atoms with Crippen molar-refractivity contribution in [1.29, 1.82) is 0 Å². The fraction of sp³-hybridized carbons (Fsp3) is 0.500. The van der Waals surface area contributed by atoms with Crippen LogP contribution in [0.4, 0.5) is 22.0 Å². The van der Waals surface area contributed by atoms with E-state index in [1.807, 2.05) is 0 Å². The summed E-state index contributed by atoms with van der Waals surface area (Å²) in [5, 5.41) is 0. The van der Waals surface area contributed by atoms with Crippen LogP contribution < -0.4 is 5.73 Å². The van der Waals surface area contributed by atoms with Crippen molar-refractivity contribution < 1.29 is 26.7 Å². The fourth-order valence-electron chi connectivity index (χ4n) is 2.20. The maximum atomic E-state index is 13.6. The molecule has 2 atom stereocenters.